The largest absolute Gasteiger partial charge is 0.353 e. The first-order valence-electron chi connectivity index (χ1n) is 4.94. The molecule has 0 radical (unpaired) electrons. The Morgan fingerprint density at radius 1 is 1.50 bits per heavy atom. The first-order chi connectivity index (χ1) is 5.65. The zero-order chi connectivity index (χ0) is 9.14. The van der Waals surface area contributed by atoms with Crippen LogP contribution in [0.15, 0.2) is 0 Å². The SMILES string of the molecule is CCC(=O)NC(C(C)C)C1CC1. The van der Waals surface area contributed by atoms with Gasteiger partial charge in [-0.3, -0.25) is 4.79 Å². The van der Waals surface area contributed by atoms with Gasteiger partial charge < -0.3 is 5.32 Å². The van der Waals surface area contributed by atoms with E-state index in [1.807, 2.05) is 6.92 Å². The van der Waals surface area contributed by atoms with E-state index in [1.165, 1.54) is 12.8 Å². The third-order valence-electron chi connectivity index (χ3n) is 2.50. The number of nitrogens with one attached hydrogen (secondary N) is 1. The molecule has 1 unspecified atom stereocenters. The molecule has 0 aliphatic heterocycles. The number of hydrogen-bond acceptors (Lipinski definition) is 1. The van der Waals surface area contributed by atoms with E-state index < -0.39 is 0 Å². The topological polar surface area (TPSA) is 29.1 Å². The van der Waals surface area contributed by atoms with Crippen LogP contribution < -0.4 is 5.32 Å². The Hall–Kier alpha value is -0.530. The lowest BCUT2D eigenvalue weighted by atomic mass is 9.99. The first kappa shape index (κ1) is 9.56. The highest BCUT2D eigenvalue weighted by molar-refractivity contribution is 5.75. The Labute approximate surface area is 74.7 Å². The first-order valence-corrected chi connectivity index (χ1v) is 4.94. The maximum atomic E-state index is 11.1. The van der Waals surface area contributed by atoms with Gasteiger partial charge in [-0.15, -0.1) is 0 Å². The Balaban J connectivity index is 2.37. The minimum atomic E-state index is 0.195. The van der Waals surface area contributed by atoms with Crippen molar-refractivity contribution in [3.63, 3.8) is 0 Å². The summed E-state index contributed by atoms with van der Waals surface area (Å²) >= 11 is 0. The fourth-order valence-corrected chi connectivity index (χ4v) is 1.57. The zero-order valence-electron chi connectivity index (χ0n) is 8.26. The van der Waals surface area contributed by atoms with E-state index in [0.717, 1.165) is 5.92 Å². The summed E-state index contributed by atoms with van der Waals surface area (Å²) in [4.78, 5) is 11.1. The standard InChI is InChI=1S/C10H19NO/c1-4-9(12)11-10(7(2)3)8-5-6-8/h7-8,10H,4-6H2,1-3H3,(H,11,12). The van der Waals surface area contributed by atoms with Gasteiger partial charge in [0.25, 0.3) is 0 Å². The molecular weight excluding hydrogens is 150 g/mol. The second-order valence-corrected chi connectivity index (χ2v) is 4.03. The summed E-state index contributed by atoms with van der Waals surface area (Å²) in [5.74, 6) is 1.54. The summed E-state index contributed by atoms with van der Waals surface area (Å²) in [7, 11) is 0. The average molecular weight is 169 g/mol. The third-order valence-corrected chi connectivity index (χ3v) is 2.50. The van der Waals surface area contributed by atoms with Crippen molar-refractivity contribution in [2.24, 2.45) is 11.8 Å². The normalized spacial score (nSPS) is 19.3. The lowest BCUT2D eigenvalue weighted by Gasteiger charge is -2.21. The molecule has 0 bridgehead atoms. The monoisotopic (exact) mass is 169 g/mol. The molecule has 1 rings (SSSR count). The Morgan fingerprint density at radius 2 is 2.08 bits per heavy atom. The number of rotatable bonds is 4. The number of amides is 1. The van der Waals surface area contributed by atoms with Crippen LogP contribution in [0.4, 0.5) is 0 Å². The van der Waals surface area contributed by atoms with E-state index >= 15 is 0 Å². The summed E-state index contributed by atoms with van der Waals surface area (Å²) in [6.45, 7) is 6.26. The molecule has 1 aliphatic carbocycles. The van der Waals surface area contributed by atoms with Crippen LogP contribution in [-0.4, -0.2) is 11.9 Å². The van der Waals surface area contributed by atoms with Crippen LogP contribution in [-0.2, 0) is 4.79 Å². The lowest BCUT2D eigenvalue weighted by molar-refractivity contribution is -0.121. The van der Waals surface area contributed by atoms with Crippen molar-refractivity contribution in [3.8, 4) is 0 Å². The zero-order valence-corrected chi connectivity index (χ0v) is 8.26. The van der Waals surface area contributed by atoms with Crippen molar-refractivity contribution < 1.29 is 4.79 Å². The molecule has 0 spiro atoms. The average Bonchev–Trinajstić information content (AvgIpc) is 2.81. The lowest BCUT2D eigenvalue weighted by Crippen LogP contribution is -2.39. The Kier molecular flexibility index (Phi) is 3.12. The van der Waals surface area contributed by atoms with Crippen LogP contribution >= 0.6 is 0 Å². The second-order valence-electron chi connectivity index (χ2n) is 4.03. The molecule has 1 saturated carbocycles. The number of hydrogen-bond donors (Lipinski definition) is 1. The highest BCUT2D eigenvalue weighted by Gasteiger charge is 2.33. The molecule has 1 aliphatic rings. The molecule has 0 aromatic rings. The Bertz CT molecular complexity index is 159. The molecule has 1 fully saturated rings. The van der Waals surface area contributed by atoms with E-state index in [2.05, 4.69) is 19.2 Å². The van der Waals surface area contributed by atoms with E-state index in [1.54, 1.807) is 0 Å². The highest BCUT2D eigenvalue weighted by atomic mass is 16.1. The van der Waals surface area contributed by atoms with Gasteiger partial charge in [0.05, 0.1) is 0 Å². The molecule has 0 saturated heterocycles. The van der Waals surface area contributed by atoms with Crippen molar-refractivity contribution in [2.45, 2.75) is 46.1 Å². The van der Waals surface area contributed by atoms with E-state index in [-0.39, 0.29) is 5.91 Å². The molecular formula is C10H19NO. The van der Waals surface area contributed by atoms with Gasteiger partial charge in [0.2, 0.25) is 5.91 Å². The summed E-state index contributed by atoms with van der Waals surface area (Å²) in [5, 5.41) is 3.09. The third kappa shape index (κ3) is 2.50. The number of carbonyl (C=O) groups excluding carboxylic acids is 1. The van der Waals surface area contributed by atoms with Crippen molar-refractivity contribution in [1.82, 2.24) is 5.32 Å². The van der Waals surface area contributed by atoms with Gasteiger partial charge in [-0.25, -0.2) is 0 Å². The van der Waals surface area contributed by atoms with Gasteiger partial charge in [-0.05, 0) is 24.7 Å². The minimum absolute atomic E-state index is 0.195. The smallest absolute Gasteiger partial charge is 0.219 e. The van der Waals surface area contributed by atoms with Crippen LogP contribution in [0.25, 0.3) is 0 Å². The van der Waals surface area contributed by atoms with Crippen LogP contribution in [0.5, 0.6) is 0 Å². The van der Waals surface area contributed by atoms with Crippen LogP contribution in [0.2, 0.25) is 0 Å². The summed E-state index contributed by atoms with van der Waals surface area (Å²) in [5.41, 5.74) is 0. The quantitative estimate of drug-likeness (QED) is 0.684. The van der Waals surface area contributed by atoms with Gasteiger partial charge in [0.15, 0.2) is 0 Å². The predicted molar refractivity (Wildman–Crippen MR) is 49.8 cm³/mol. The molecule has 2 heteroatoms. The van der Waals surface area contributed by atoms with Crippen molar-refractivity contribution in [3.05, 3.63) is 0 Å². The van der Waals surface area contributed by atoms with Gasteiger partial charge >= 0.3 is 0 Å². The Morgan fingerprint density at radius 3 is 2.42 bits per heavy atom. The molecule has 12 heavy (non-hydrogen) atoms. The maximum absolute atomic E-state index is 11.1. The van der Waals surface area contributed by atoms with Gasteiger partial charge in [0.1, 0.15) is 0 Å². The van der Waals surface area contributed by atoms with Crippen molar-refractivity contribution in [1.29, 1.82) is 0 Å². The molecule has 1 N–H and O–H groups in total. The van der Waals surface area contributed by atoms with E-state index in [0.29, 0.717) is 18.4 Å². The van der Waals surface area contributed by atoms with Crippen LogP contribution in [0.1, 0.15) is 40.0 Å². The summed E-state index contributed by atoms with van der Waals surface area (Å²) in [6, 6.07) is 0.428. The second kappa shape index (κ2) is 3.92. The maximum Gasteiger partial charge on any atom is 0.219 e. The fourth-order valence-electron chi connectivity index (χ4n) is 1.57. The minimum Gasteiger partial charge on any atom is -0.353 e. The molecule has 70 valence electrons. The van der Waals surface area contributed by atoms with Crippen molar-refractivity contribution >= 4 is 5.91 Å². The van der Waals surface area contributed by atoms with Gasteiger partial charge in [0, 0.05) is 12.5 Å². The van der Waals surface area contributed by atoms with E-state index in [4.69, 9.17) is 0 Å². The van der Waals surface area contributed by atoms with E-state index in [9.17, 15) is 4.79 Å². The molecule has 0 aromatic heterocycles. The molecule has 0 heterocycles. The predicted octanol–water partition coefficient (Wildman–Crippen LogP) is 1.95. The highest BCUT2D eigenvalue weighted by Crippen LogP contribution is 2.35. The molecule has 0 aromatic carbocycles. The molecule has 1 amide bonds. The van der Waals surface area contributed by atoms with Gasteiger partial charge in [-0.1, -0.05) is 20.8 Å². The molecule has 2 nitrogen and oxygen atoms in total. The summed E-state index contributed by atoms with van der Waals surface area (Å²) < 4.78 is 0. The number of carbonyl (C=O) groups is 1. The van der Waals surface area contributed by atoms with Gasteiger partial charge in [-0.2, -0.15) is 0 Å². The molecule has 1 atom stereocenters. The van der Waals surface area contributed by atoms with Crippen LogP contribution in [0, 0.1) is 11.8 Å². The summed E-state index contributed by atoms with van der Waals surface area (Å²) in [6.07, 6.45) is 3.20. The van der Waals surface area contributed by atoms with Crippen LogP contribution in [0.3, 0.4) is 0 Å². The van der Waals surface area contributed by atoms with Crippen molar-refractivity contribution in [2.75, 3.05) is 0 Å². The fraction of sp³-hybridized carbons (Fsp3) is 0.900.